The molecule has 0 radical (unpaired) electrons. The number of rotatable bonds is 4. The number of hydrogen-bond acceptors (Lipinski definition) is 3. The van der Waals surface area contributed by atoms with Gasteiger partial charge < -0.3 is 4.74 Å². The second-order valence-corrected chi connectivity index (χ2v) is 4.31. The van der Waals surface area contributed by atoms with E-state index in [9.17, 15) is 0 Å². The maximum Gasteiger partial charge on any atom is 0.0704 e. The van der Waals surface area contributed by atoms with E-state index < -0.39 is 0 Å². The van der Waals surface area contributed by atoms with Gasteiger partial charge >= 0.3 is 0 Å². The molecule has 0 bridgehead atoms. The van der Waals surface area contributed by atoms with Crippen LogP contribution in [0.5, 0.6) is 0 Å². The minimum Gasteiger partial charge on any atom is -0.382 e. The van der Waals surface area contributed by atoms with E-state index in [1.165, 1.54) is 18.6 Å². The average molecular weight is 198 g/mol. The van der Waals surface area contributed by atoms with Crippen molar-refractivity contribution in [3.63, 3.8) is 0 Å². The number of nitrogens with zero attached hydrogens (tertiary/aromatic N) is 2. The van der Waals surface area contributed by atoms with Crippen molar-refractivity contribution >= 4 is 5.71 Å². The van der Waals surface area contributed by atoms with E-state index in [4.69, 9.17) is 4.74 Å². The molecule has 0 spiro atoms. The third-order valence-electron chi connectivity index (χ3n) is 2.83. The number of hydrogen-bond donors (Lipinski definition) is 0. The van der Waals surface area contributed by atoms with Crippen molar-refractivity contribution in [1.29, 1.82) is 0 Å². The van der Waals surface area contributed by atoms with Gasteiger partial charge in [-0.3, -0.25) is 5.01 Å². The zero-order valence-electron chi connectivity index (χ0n) is 9.79. The Kier molecular flexibility index (Phi) is 4.39. The fourth-order valence-corrected chi connectivity index (χ4v) is 1.63. The first-order valence-corrected chi connectivity index (χ1v) is 5.45. The normalized spacial score (nSPS) is 23.6. The maximum atomic E-state index is 5.19. The molecule has 0 unspecified atom stereocenters. The molecular formula is C11H22N2O. The predicted molar refractivity (Wildman–Crippen MR) is 59.6 cm³/mol. The molecule has 1 aliphatic heterocycles. The molecule has 0 amide bonds. The van der Waals surface area contributed by atoms with Gasteiger partial charge in [-0.05, 0) is 25.7 Å². The molecule has 82 valence electrons. The number of ether oxygens (including phenoxy) is 1. The number of hydrazone groups is 1. The minimum atomic E-state index is 0.494. The fourth-order valence-electron chi connectivity index (χ4n) is 1.63. The molecule has 0 N–H and O–H groups in total. The van der Waals surface area contributed by atoms with Gasteiger partial charge in [0, 0.05) is 19.4 Å². The second-order valence-electron chi connectivity index (χ2n) is 4.31. The molecule has 1 heterocycles. The molecule has 0 aromatic rings. The lowest BCUT2D eigenvalue weighted by Crippen LogP contribution is -2.29. The molecule has 0 aromatic carbocycles. The summed E-state index contributed by atoms with van der Waals surface area (Å²) in [4.78, 5) is 0. The highest BCUT2D eigenvalue weighted by molar-refractivity contribution is 5.83. The standard InChI is InChI=1S/C11H22N2O/c1-9(2)10(3)12-13-7-5-6-11(13)8-14-4/h9,11H,5-8H2,1-4H3/b12-10-/t11-/m0/s1. The zero-order valence-corrected chi connectivity index (χ0v) is 9.79. The highest BCUT2D eigenvalue weighted by atomic mass is 16.5. The van der Waals surface area contributed by atoms with Crippen molar-refractivity contribution in [2.24, 2.45) is 11.0 Å². The molecule has 1 rings (SSSR count). The van der Waals surface area contributed by atoms with Crippen LogP contribution in [0.2, 0.25) is 0 Å². The molecule has 1 aliphatic rings. The summed E-state index contributed by atoms with van der Waals surface area (Å²) in [5, 5.41) is 6.84. The smallest absolute Gasteiger partial charge is 0.0704 e. The molecule has 0 aliphatic carbocycles. The van der Waals surface area contributed by atoms with Crippen LogP contribution in [-0.2, 0) is 4.74 Å². The Labute approximate surface area is 87.1 Å². The first kappa shape index (κ1) is 11.5. The Morgan fingerprint density at radius 1 is 1.57 bits per heavy atom. The van der Waals surface area contributed by atoms with Crippen LogP contribution in [0.1, 0.15) is 33.6 Å². The predicted octanol–water partition coefficient (Wildman–Crippen LogP) is 2.13. The quantitative estimate of drug-likeness (QED) is 0.646. The molecule has 0 saturated carbocycles. The third kappa shape index (κ3) is 2.98. The molecule has 3 nitrogen and oxygen atoms in total. The van der Waals surface area contributed by atoms with Crippen molar-refractivity contribution in [2.75, 3.05) is 20.3 Å². The molecule has 1 saturated heterocycles. The molecule has 1 atom stereocenters. The van der Waals surface area contributed by atoms with E-state index in [-0.39, 0.29) is 0 Å². The van der Waals surface area contributed by atoms with Crippen LogP contribution in [0.3, 0.4) is 0 Å². The molecule has 0 aromatic heterocycles. The highest BCUT2D eigenvalue weighted by Crippen LogP contribution is 2.18. The van der Waals surface area contributed by atoms with Crippen LogP contribution >= 0.6 is 0 Å². The van der Waals surface area contributed by atoms with E-state index in [1.54, 1.807) is 7.11 Å². The topological polar surface area (TPSA) is 24.8 Å². The Bertz CT molecular complexity index is 201. The Balaban J connectivity index is 2.54. The lowest BCUT2D eigenvalue weighted by Gasteiger charge is -2.22. The van der Waals surface area contributed by atoms with Crippen molar-refractivity contribution in [3.8, 4) is 0 Å². The van der Waals surface area contributed by atoms with Crippen LogP contribution in [0.4, 0.5) is 0 Å². The van der Waals surface area contributed by atoms with Crippen LogP contribution in [-0.4, -0.2) is 37.0 Å². The van der Waals surface area contributed by atoms with Gasteiger partial charge in [0.05, 0.1) is 12.6 Å². The molecular weight excluding hydrogens is 176 g/mol. The van der Waals surface area contributed by atoms with Crippen LogP contribution in [0.25, 0.3) is 0 Å². The van der Waals surface area contributed by atoms with Crippen molar-refractivity contribution in [2.45, 2.75) is 39.7 Å². The molecule has 3 heteroatoms. The van der Waals surface area contributed by atoms with Gasteiger partial charge in [0.15, 0.2) is 0 Å². The van der Waals surface area contributed by atoms with Gasteiger partial charge in [-0.1, -0.05) is 13.8 Å². The Morgan fingerprint density at radius 2 is 2.29 bits per heavy atom. The summed E-state index contributed by atoms with van der Waals surface area (Å²) in [5.74, 6) is 0.541. The van der Waals surface area contributed by atoms with E-state index in [0.717, 1.165) is 13.2 Å². The van der Waals surface area contributed by atoms with Gasteiger partial charge in [0.25, 0.3) is 0 Å². The van der Waals surface area contributed by atoms with E-state index in [1.807, 2.05) is 0 Å². The molecule has 14 heavy (non-hydrogen) atoms. The van der Waals surface area contributed by atoms with Crippen molar-refractivity contribution in [1.82, 2.24) is 5.01 Å². The number of methoxy groups -OCH3 is 1. The summed E-state index contributed by atoms with van der Waals surface area (Å²) in [6, 6.07) is 0.494. The fraction of sp³-hybridized carbons (Fsp3) is 0.909. The van der Waals surface area contributed by atoms with E-state index in [0.29, 0.717) is 12.0 Å². The van der Waals surface area contributed by atoms with E-state index >= 15 is 0 Å². The minimum absolute atomic E-state index is 0.494. The Hall–Kier alpha value is -0.570. The van der Waals surface area contributed by atoms with Crippen molar-refractivity contribution < 1.29 is 4.74 Å². The lowest BCUT2D eigenvalue weighted by atomic mass is 10.1. The summed E-state index contributed by atoms with van der Waals surface area (Å²) in [7, 11) is 1.76. The van der Waals surface area contributed by atoms with Crippen molar-refractivity contribution in [3.05, 3.63) is 0 Å². The maximum absolute atomic E-state index is 5.19. The SMILES string of the molecule is COC[C@@H]1CCCN1/N=C(/C)C(C)C. The highest BCUT2D eigenvalue weighted by Gasteiger charge is 2.23. The average Bonchev–Trinajstić information content (AvgIpc) is 2.53. The summed E-state index contributed by atoms with van der Waals surface area (Å²) >= 11 is 0. The summed E-state index contributed by atoms with van der Waals surface area (Å²) < 4.78 is 5.19. The van der Waals surface area contributed by atoms with Crippen LogP contribution in [0.15, 0.2) is 5.10 Å². The third-order valence-corrected chi connectivity index (χ3v) is 2.83. The van der Waals surface area contributed by atoms with Gasteiger partial charge in [0.1, 0.15) is 0 Å². The summed E-state index contributed by atoms with van der Waals surface area (Å²) in [6.45, 7) is 8.35. The van der Waals surface area contributed by atoms with Crippen LogP contribution in [0, 0.1) is 5.92 Å². The second kappa shape index (κ2) is 5.35. The lowest BCUT2D eigenvalue weighted by molar-refractivity contribution is 0.117. The van der Waals surface area contributed by atoms with Gasteiger partial charge in [-0.2, -0.15) is 5.10 Å². The van der Waals surface area contributed by atoms with Gasteiger partial charge in [-0.15, -0.1) is 0 Å². The summed E-state index contributed by atoms with van der Waals surface area (Å²) in [5.41, 5.74) is 1.22. The molecule has 1 fully saturated rings. The van der Waals surface area contributed by atoms with Gasteiger partial charge in [-0.25, -0.2) is 0 Å². The first-order chi connectivity index (χ1) is 6.65. The van der Waals surface area contributed by atoms with Crippen LogP contribution < -0.4 is 0 Å². The Morgan fingerprint density at radius 3 is 2.86 bits per heavy atom. The first-order valence-electron chi connectivity index (χ1n) is 5.45. The largest absolute Gasteiger partial charge is 0.382 e. The van der Waals surface area contributed by atoms with Gasteiger partial charge in [0.2, 0.25) is 0 Å². The monoisotopic (exact) mass is 198 g/mol. The van der Waals surface area contributed by atoms with E-state index in [2.05, 4.69) is 30.9 Å². The zero-order chi connectivity index (χ0) is 10.6. The summed E-state index contributed by atoms with van der Waals surface area (Å²) in [6.07, 6.45) is 2.45.